The van der Waals surface area contributed by atoms with Crippen molar-refractivity contribution in [1.82, 2.24) is 14.8 Å². The Labute approximate surface area is 198 Å². The molecule has 0 bridgehead atoms. The van der Waals surface area contributed by atoms with E-state index in [4.69, 9.17) is 27.9 Å². The molecule has 1 atom stereocenters. The molecule has 3 aromatic rings. The lowest BCUT2D eigenvalue weighted by atomic mass is 10.2. The van der Waals surface area contributed by atoms with Gasteiger partial charge in [-0.15, -0.1) is 10.2 Å². The summed E-state index contributed by atoms with van der Waals surface area (Å²) in [5, 5.41) is 23.2. The molecule has 0 spiro atoms. The van der Waals surface area contributed by atoms with E-state index in [0.29, 0.717) is 21.8 Å². The summed E-state index contributed by atoms with van der Waals surface area (Å²) in [6.07, 6.45) is -0.389. The highest BCUT2D eigenvalue weighted by molar-refractivity contribution is 7.99. The van der Waals surface area contributed by atoms with Gasteiger partial charge in [-0.1, -0.05) is 35.0 Å². The van der Waals surface area contributed by atoms with E-state index >= 15 is 0 Å². The Morgan fingerprint density at radius 2 is 1.97 bits per heavy atom. The molecule has 0 aliphatic heterocycles. The number of benzene rings is 2. The zero-order chi connectivity index (χ0) is 23.4. The van der Waals surface area contributed by atoms with Crippen LogP contribution in [0.25, 0.3) is 0 Å². The summed E-state index contributed by atoms with van der Waals surface area (Å²) >= 11 is 13.2. The number of anilines is 1. The number of carbonyl (C=O) groups excluding carboxylic acids is 1. The van der Waals surface area contributed by atoms with Gasteiger partial charge < -0.3 is 14.6 Å². The van der Waals surface area contributed by atoms with Crippen molar-refractivity contribution in [2.24, 2.45) is 7.05 Å². The van der Waals surface area contributed by atoms with Crippen LogP contribution in [0.2, 0.25) is 10.0 Å². The summed E-state index contributed by atoms with van der Waals surface area (Å²) in [5.74, 6) is 0.867. The van der Waals surface area contributed by atoms with Gasteiger partial charge in [-0.2, -0.15) is 0 Å². The lowest BCUT2D eigenvalue weighted by molar-refractivity contribution is -0.384. The number of aryl methyl sites for hydroxylation is 1. The molecule has 32 heavy (non-hydrogen) atoms. The van der Waals surface area contributed by atoms with Crippen LogP contribution in [0.15, 0.2) is 41.6 Å². The standard InChI is InChI=1S/C20H19Cl2N5O4S/c1-11-8-14(5-7-15(11)21)31-12(2)19-24-25-20(26(19)3)32-10-18(28)23-17-9-13(27(29)30)4-6-16(17)22/h4-9,12H,10H2,1-3H3,(H,23,28). The number of nitrogens with zero attached hydrogens (tertiary/aromatic N) is 4. The molecular formula is C20H19Cl2N5O4S. The highest BCUT2D eigenvalue weighted by atomic mass is 35.5. The van der Waals surface area contributed by atoms with Crippen molar-refractivity contribution in [3.05, 3.63) is 67.9 Å². The maximum absolute atomic E-state index is 12.3. The summed E-state index contributed by atoms with van der Waals surface area (Å²) < 4.78 is 7.68. The number of non-ortho nitro benzene ring substituents is 1. The van der Waals surface area contributed by atoms with E-state index in [1.54, 1.807) is 23.7 Å². The van der Waals surface area contributed by atoms with Crippen molar-refractivity contribution >= 4 is 52.2 Å². The number of thioether (sulfide) groups is 1. The van der Waals surface area contributed by atoms with Crippen LogP contribution in [0.1, 0.15) is 24.4 Å². The fourth-order valence-corrected chi connectivity index (χ4v) is 3.79. The summed E-state index contributed by atoms with van der Waals surface area (Å²) in [6.45, 7) is 3.74. The van der Waals surface area contributed by atoms with E-state index in [1.165, 1.54) is 30.0 Å². The third-order valence-corrected chi connectivity index (χ3v) is 6.22. The molecule has 1 amide bonds. The normalized spacial score (nSPS) is 11.8. The van der Waals surface area contributed by atoms with Gasteiger partial charge in [0, 0.05) is 24.2 Å². The second kappa shape index (κ2) is 10.2. The highest BCUT2D eigenvalue weighted by Crippen LogP contribution is 2.28. The molecule has 1 heterocycles. The number of hydrogen-bond donors (Lipinski definition) is 1. The minimum absolute atomic E-state index is 0.0105. The molecule has 0 radical (unpaired) electrons. The monoisotopic (exact) mass is 495 g/mol. The number of nitro benzene ring substituents is 1. The average molecular weight is 496 g/mol. The third-order valence-electron chi connectivity index (χ3n) is 4.44. The molecule has 2 aromatic carbocycles. The van der Waals surface area contributed by atoms with Crippen molar-refractivity contribution in [2.45, 2.75) is 25.1 Å². The molecule has 0 saturated heterocycles. The molecule has 0 aliphatic rings. The number of hydrogen-bond acceptors (Lipinski definition) is 7. The van der Waals surface area contributed by atoms with Crippen molar-refractivity contribution in [3.63, 3.8) is 0 Å². The fourth-order valence-electron chi connectivity index (χ4n) is 2.79. The van der Waals surface area contributed by atoms with Crippen LogP contribution in [-0.4, -0.2) is 31.3 Å². The van der Waals surface area contributed by atoms with Crippen molar-refractivity contribution < 1.29 is 14.5 Å². The van der Waals surface area contributed by atoms with Crippen LogP contribution in [-0.2, 0) is 11.8 Å². The lowest BCUT2D eigenvalue weighted by Crippen LogP contribution is -2.15. The SMILES string of the molecule is Cc1cc(OC(C)c2nnc(SCC(=O)Nc3cc([N+](=O)[O-])ccc3Cl)n2C)ccc1Cl. The molecule has 0 saturated carbocycles. The van der Waals surface area contributed by atoms with Crippen LogP contribution >= 0.6 is 35.0 Å². The summed E-state index contributed by atoms with van der Waals surface area (Å²) in [5.41, 5.74) is 0.908. The first kappa shape index (κ1) is 23.8. The third kappa shape index (κ3) is 5.70. The van der Waals surface area contributed by atoms with Gasteiger partial charge in [0.2, 0.25) is 5.91 Å². The Bertz CT molecular complexity index is 1170. The zero-order valence-electron chi connectivity index (χ0n) is 17.3. The topological polar surface area (TPSA) is 112 Å². The second-order valence-corrected chi connectivity index (χ2v) is 8.59. The second-order valence-electron chi connectivity index (χ2n) is 6.83. The Morgan fingerprint density at radius 1 is 1.25 bits per heavy atom. The quantitative estimate of drug-likeness (QED) is 0.259. The first-order chi connectivity index (χ1) is 15.2. The van der Waals surface area contributed by atoms with Gasteiger partial charge in [-0.25, -0.2) is 0 Å². The summed E-state index contributed by atoms with van der Waals surface area (Å²) in [4.78, 5) is 22.7. The number of aromatic nitrogens is 3. The Hall–Kier alpha value is -2.82. The maximum Gasteiger partial charge on any atom is 0.271 e. The van der Waals surface area contributed by atoms with Gasteiger partial charge >= 0.3 is 0 Å². The van der Waals surface area contributed by atoms with E-state index in [2.05, 4.69) is 15.5 Å². The fraction of sp³-hybridized carbons (Fsp3) is 0.250. The number of nitrogens with one attached hydrogen (secondary N) is 1. The van der Waals surface area contributed by atoms with E-state index < -0.39 is 4.92 Å². The van der Waals surface area contributed by atoms with Crippen LogP contribution in [0, 0.1) is 17.0 Å². The molecule has 1 N–H and O–H groups in total. The van der Waals surface area contributed by atoms with E-state index in [9.17, 15) is 14.9 Å². The van der Waals surface area contributed by atoms with Gasteiger partial charge in [0.15, 0.2) is 17.1 Å². The molecule has 9 nitrogen and oxygen atoms in total. The lowest BCUT2D eigenvalue weighted by Gasteiger charge is -2.15. The molecule has 168 valence electrons. The van der Waals surface area contributed by atoms with Crippen LogP contribution < -0.4 is 10.1 Å². The predicted octanol–water partition coefficient (Wildman–Crippen LogP) is 5.21. The summed E-state index contributed by atoms with van der Waals surface area (Å²) in [7, 11) is 1.78. The van der Waals surface area contributed by atoms with E-state index in [0.717, 1.165) is 5.56 Å². The van der Waals surface area contributed by atoms with Crippen LogP contribution in [0.4, 0.5) is 11.4 Å². The molecule has 0 aliphatic carbocycles. The van der Waals surface area contributed by atoms with Crippen molar-refractivity contribution in [3.8, 4) is 5.75 Å². The van der Waals surface area contributed by atoms with Crippen molar-refractivity contribution in [1.29, 1.82) is 0 Å². The number of nitro groups is 1. The average Bonchev–Trinajstić information content (AvgIpc) is 3.11. The first-order valence-electron chi connectivity index (χ1n) is 9.34. The number of halogens is 2. The van der Waals surface area contributed by atoms with Gasteiger partial charge in [-0.3, -0.25) is 14.9 Å². The maximum atomic E-state index is 12.3. The minimum Gasteiger partial charge on any atom is -0.483 e. The molecule has 0 fully saturated rings. The van der Waals surface area contributed by atoms with Gasteiger partial charge in [0.25, 0.3) is 5.69 Å². The van der Waals surface area contributed by atoms with Gasteiger partial charge in [-0.05, 0) is 43.7 Å². The molecular weight excluding hydrogens is 477 g/mol. The van der Waals surface area contributed by atoms with E-state index in [-0.39, 0.29) is 34.2 Å². The zero-order valence-corrected chi connectivity index (χ0v) is 19.7. The molecule has 3 rings (SSSR count). The predicted molar refractivity (Wildman–Crippen MR) is 124 cm³/mol. The van der Waals surface area contributed by atoms with Crippen molar-refractivity contribution in [2.75, 3.05) is 11.1 Å². The summed E-state index contributed by atoms with van der Waals surface area (Å²) in [6, 6.07) is 9.23. The van der Waals surface area contributed by atoms with Crippen LogP contribution in [0.5, 0.6) is 5.75 Å². The van der Waals surface area contributed by atoms with Gasteiger partial charge in [0.1, 0.15) is 5.75 Å². The number of rotatable bonds is 8. The van der Waals surface area contributed by atoms with Crippen LogP contribution in [0.3, 0.4) is 0 Å². The largest absolute Gasteiger partial charge is 0.483 e. The first-order valence-corrected chi connectivity index (χ1v) is 11.1. The number of carbonyl (C=O) groups is 1. The minimum atomic E-state index is -0.559. The smallest absolute Gasteiger partial charge is 0.271 e. The number of ether oxygens (including phenoxy) is 1. The number of amides is 1. The van der Waals surface area contributed by atoms with E-state index in [1.807, 2.05) is 19.9 Å². The highest BCUT2D eigenvalue weighted by Gasteiger charge is 2.19. The Kier molecular flexibility index (Phi) is 7.60. The molecule has 1 unspecified atom stereocenters. The molecule has 1 aromatic heterocycles. The van der Waals surface area contributed by atoms with Gasteiger partial charge in [0.05, 0.1) is 21.4 Å². The Balaban J connectivity index is 1.62. The Morgan fingerprint density at radius 3 is 2.66 bits per heavy atom. The molecule has 12 heteroatoms.